The fraction of sp³-hybridized carbons (Fsp3) is 0.438. The van der Waals surface area contributed by atoms with Crippen LogP contribution in [0, 0.1) is 13.8 Å². The minimum atomic E-state index is -0.0141. The number of methoxy groups -OCH3 is 3. The van der Waals surface area contributed by atoms with Crippen molar-refractivity contribution in [2.24, 2.45) is 0 Å². The van der Waals surface area contributed by atoms with E-state index in [1.807, 2.05) is 0 Å². The van der Waals surface area contributed by atoms with Gasteiger partial charge in [-0.15, -0.1) is 0 Å². The molecule has 3 aromatic carbocycles. The molecule has 3 rings (SSSR count). The Kier molecular flexibility index (Phi) is 9.73. The highest BCUT2D eigenvalue weighted by molar-refractivity contribution is 5.63. The van der Waals surface area contributed by atoms with E-state index in [2.05, 4.69) is 99.9 Å². The molecule has 0 amide bonds. The zero-order valence-electron chi connectivity index (χ0n) is 24.1. The van der Waals surface area contributed by atoms with Crippen LogP contribution in [0.1, 0.15) is 61.4 Å². The van der Waals surface area contributed by atoms with E-state index in [-0.39, 0.29) is 5.92 Å². The summed E-state index contributed by atoms with van der Waals surface area (Å²) >= 11 is 0. The van der Waals surface area contributed by atoms with Gasteiger partial charge in [0.2, 0.25) is 5.75 Å². The Morgan fingerprint density at radius 2 is 1.00 bits per heavy atom. The number of aryl methyl sites for hydroxylation is 2. The minimum Gasteiger partial charge on any atom is -0.493 e. The first-order valence-electron chi connectivity index (χ1n) is 13.4. The number of hydrogen-bond donors (Lipinski definition) is 0. The summed E-state index contributed by atoms with van der Waals surface area (Å²) in [4.78, 5) is 4.79. The molecule has 0 radical (unpaired) electrons. The first-order chi connectivity index (χ1) is 17.9. The Bertz CT molecular complexity index is 1100. The molecule has 0 saturated carbocycles. The van der Waals surface area contributed by atoms with Crippen molar-refractivity contribution in [3.05, 3.63) is 76.3 Å². The Morgan fingerprint density at radius 1 is 0.595 bits per heavy atom. The normalized spacial score (nSPS) is 11.0. The monoisotopic (exact) mass is 504 g/mol. The van der Waals surface area contributed by atoms with Crippen molar-refractivity contribution in [3.8, 4) is 17.2 Å². The van der Waals surface area contributed by atoms with E-state index < -0.39 is 0 Å². The summed E-state index contributed by atoms with van der Waals surface area (Å²) in [6, 6.07) is 17.9. The molecule has 0 fully saturated rings. The molecule has 0 aromatic heterocycles. The van der Waals surface area contributed by atoms with Gasteiger partial charge in [-0.05, 0) is 106 Å². The fourth-order valence-corrected chi connectivity index (χ4v) is 5.24. The summed E-state index contributed by atoms with van der Waals surface area (Å²) in [6.07, 6.45) is 0. The molecule has 37 heavy (non-hydrogen) atoms. The number of anilines is 2. The highest BCUT2D eigenvalue weighted by atomic mass is 16.5. The molecule has 0 saturated heterocycles. The molecular formula is C32H44N2O3. The molecule has 0 spiro atoms. The number of nitrogens with zero attached hydrogens (tertiary/aromatic N) is 2. The highest BCUT2D eigenvalue weighted by Crippen LogP contribution is 2.45. The first kappa shape index (κ1) is 28.2. The summed E-state index contributed by atoms with van der Waals surface area (Å²) in [5.74, 6) is 1.92. The van der Waals surface area contributed by atoms with Crippen LogP contribution in [-0.2, 0) is 0 Å². The van der Waals surface area contributed by atoms with Crippen LogP contribution in [-0.4, -0.2) is 47.5 Å². The van der Waals surface area contributed by atoms with Crippen LogP contribution in [0.3, 0.4) is 0 Å². The Morgan fingerprint density at radius 3 is 1.32 bits per heavy atom. The van der Waals surface area contributed by atoms with Crippen molar-refractivity contribution in [1.29, 1.82) is 0 Å². The summed E-state index contributed by atoms with van der Waals surface area (Å²) in [6.45, 7) is 17.1. The molecule has 5 heteroatoms. The predicted molar refractivity (Wildman–Crippen MR) is 157 cm³/mol. The van der Waals surface area contributed by atoms with Gasteiger partial charge in [0, 0.05) is 43.5 Å². The number of hydrogen-bond acceptors (Lipinski definition) is 5. The standard InChI is InChI=1S/C32H44N2O3/c1-10-33(11-2)25-16-14-22(5)27(20-25)31(24-18-29(35-7)32(37-9)30(19-24)36-8)28-21-26(17-15-23(28)6)34(12-3)13-4/h14-21,31H,10-13H2,1-9H3. The van der Waals surface area contributed by atoms with Crippen molar-refractivity contribution in [3.63, 3.8) is 0 Å². The average molecular weight is 505 g/mol. The highest BCUT2D eigenvalue weighted by Gasteiger charge is 2.26. The van der Waals surface area contributed by atoms with Crippen molar-refractivity contribution in [2.75, 3.05) is 57.3 Å². The maximum absolute atomic E-state index is 5.77. The van der Waals surface area contributed by atoms with E-state index in [1.165, 1.54) is 33.6 Å². The van der Waals surface area contributed by atoms with Crippen LogP contribution in [0.5, 0.6) is 17.2 Å². The summed E-state index contributed by atoms with van der Waals surface area (Å²) in [5.41, 5.74) is 8.64. The lowest BCUT2D eigenvalue weighted by Gasteiger charge is -2.29. The fourth-order valence-electron chi connectivity index (χ4n) is 5.24. The van der Waals surface area contributed by atoms with Crippen molar-refractivity contribution >= 4 is 11.4 Å². The molecule has 3 aromatic rings. The maximum atomic E-state index is 5.77. The molecule has 0 bridgehead atoms. The van der Waals surface area contributed by atoms with Crippen LogP contribution in [0.4, 0.5) is 11.4 Å². The second-order valence-corrected chi connectivity index (χ2v) is 9.32. The molecule has 5 nitrogen and oxygen atoms in total. The molecular weight excluding hydrogens is 460 g/mol. The van der Waals surface area contributed by atoms with Crippen LogP contribution < -0.4 is 24.0 Å². The molecule has 0 atom stereocenters. The van der Waals surface area contributed by atoms with Crippen molar-refractivity contribution in [2.45, 2.75) is 47.5 Å². The van der Waals surface area contributed by atoms with Crippen LogP contribution in [0.25, 0.3) is 0 Å². The van der Waals surface area contributed by atoms with E-state index in [1.54, 1.807) is 21.3 Å². The van der Waals surface area contributed by atoms with Gasteiger partial charge >= 0.3 is 0 Å². The Hall–Kier alpha value is -3.34. The summed E-state index contributed by atoms with van der Waals surface area (Å²) in [7, 11) is 5.00. The molecule has 0 aliphatic carbocycles. The molecule has 200 valence electrons. The maximum Gasteiger partial charge on any atom is 0.203 e. The van der Waals surface area contributed by atoms with E-state index in [9.17, 15) is 0 Å². The lowest BCUT2D eigenvalue weighted by molar-refractivity contribution is 0.323. The van der Waals surface area contributed by atoms with Gasteiger partial charge in [0.1, 0.15) is 0 Å². The molecule has 0 aliphatic heterocycles. The van der Waals surface area contributed by atoms with Gasteiger partial charge in [0.25, 0.3) is 0 Å². The molecule has 0 unspecified atom stereocenters. The van der Waals surface area contributed by atoms with Crippen LogP contribution >= 0.6 is 0 Å². The van der Waals surface area contributed by atoms with Gasteiger partial charge in [-0.2, -0.15) is 0 Å². The lowest BCUT2D eigenvalue weighted by Crippen LogP contribution is -2.23. The SMILES string of the molecule is CCN(CC)c1ccc(C)c(C(c2cc(OC)c(OC)c(OC)c2)c2cc(N(CC)CC)ccc2C)c1. The quantitative estimate of drug-likeness (QED) is 0.244. The third-order valence-electron chi connectivity index (χ3n) is 7.43. The molecule has 0 aliphatic rings. The van der Waals surface area contributed by atoms with Gasteiger partial charge in [0.05, 0.1) is 21.3 Å². The second kappa shape index (κ2) is 12.8. The number of benzene rings is 3. The Labute approximate surface area is 224 Å². The lowest BCUT2D eigenvalue weighted by atomic mass is 9.80. The van der Waals surface area contributed by atoms with E-state index in [0.717, 1.165) is 31.7 Å². The second-order valence-electron chi connectivity index (χ2n) is 9.32. The predicted octanol–water partition coefficient (Wildman–Crippen LogP) is 7.20. The average Bonchev–Trinajstić information content (AvgIpc) is 2.92. The third-order valence-corrected chi connectivity index (χ3v) is 7.43. The van der Waals surface area contributed by atoms with Gasteiger partial charge in [-0.3, -0.25) is 0 Å². The van der Waals surface area contributed by atoms with Crippen molar-refractivity contribution < 1.29 is 14.2 Å². The smallest absolute Gasteiger partial charge is 0.203 e. The number of rotatable bonds is 12. The molecule has 0 heterocycles. The molecule has 0 N–H and O–H groups in total. The minimum absolute atomic E-state index is 0.0141. The van der Waals surface area contributed by atoms with Gasteiger partial charge in [-0.1, -0.05) is 12.1 Å². The number of ether oxygens (including phenoxy) is 3. The van der Waals surface area contributed by atoms with Gasteiger partial charge in [0.15, 0.2) is 11.5 Å². The van der Waals surface area contributed by atoms with E-state index in [4.69, 9.17) is 14.2 Å². The van der Waals surface area contributed by atoms with Crippen LogP contribution in [0.15, 0.2) is 48.5 Å². The van der Waals surface area contributed by atoms with E-state index >= 15 is 0 Å². The first-order valence-corrected chi connectivity index (χ1v) is 13.4. The summed E-state index contributed by atoms with van der Waals surface area (Å²) < 4.78 is 17.2. The zero-order chi connectivity index (χ0) is 27.1. The summed E-state index contributed by atoms with van der Waals surface area (Å²) in [5, 5.41) is 0. The topological polar surface area (TPSA) is 34.2 Å². The van der Waals surface area contributed by atoms with Gasteiger partial charge in [-0.25, -0.2) is 0 Å². The van der Waals surface area contributed by atoms with E-state index in [0.29, 0.717) is 17.2 Å². The zero-order valence-corrected chi connectivity index (χ0v) is 24.1. The van der Waals surface area contributed by atoms with Crippen LogP contribution in [0.2, 0.25) is 0 Å². The van der Waals surface area contributed by atoms with Crippen molar-refractivity contribution in [1.82, 2.24) is 0 Å². The Balaban J connectivity index is 2.38. The van der Waals surface area contributed by atoms with Gasteiger partial charge < -0.3 is 24.0 Å². The third kappa shape index (κ3) is 5.82. The largest absolute Gasteiger partial charge is 0.493 e.